The molecule has 0 aliphatic rings. The Balaban J connectivity index is 3.03. The van der Waals surface area contributed by atoms with Gasteiger partial charge in [-0.2, -0.15) is 0 Å². The summed E-state index contributed by atoms with van der Waals surface area (Å²) in [6, 6.07) is 2.23. The van der Waals surface area contributed by atoms with Crippen molar-refractivity contribution < 1.29 is 14.7 Å². The van der Waals surface area contributed by atoms with Crippen LogP contribution >= 0.6 is 0 Å². The Morgan fingerprint density at radius 2 is 2.05 bits per heavy atom. The minimum atomic E-state index is -1.16. The Morgan fingerprint density at radius 1 is 1.43 bits per heavy atom. The Kier molecular flexibility index (Phi) is 5.29. The monoisotopic (exact) mass is 294 g/mol. The molecule has 1 aromatic heterocycles. The summed E-state index contributed by atoms with van der Waals surface area (Å²) in [6.45, 7) is 6.81. The summed E-state index contributed by atoms with van der Waals surface area (Å²) in [7, 11) is 0. The average Bonchev–Trinajstić information content (AvgIpc) is 2.37. The normalized spacial score (nSPS) is 12.8. The number of carboxylic acids is 1. The first-order valence-electron chi connectivity index (χ1n) is 6.93. The number of nitrogens with one attached hydrogen (secondary N) is 1. The van der Waals surface area contributed by atoms with Crippen molar-refractivity contribution in [1.82, 2.24) is 9.88 Å². The smallest absolute Gasteiger partial charge is 0.326 e. The van der Waals surface area contributed by atoms with E-state index in [4.69, 9.17) is 5.11 Å². The first-order valence-corrected chi connectivity index (χ1v) is 6.93. The number of amides is 1. The number of aryl methyl sites for hydroxylation is 1. The van der Waals surface area contributed by atoms with Crippen molar-refractivity contribution in [2.45, 2.75) is 52.1 Å². The highest BCUT2D eigenvalue weighted by atomic mass is 16.4. The van der Waals surface area contributed by atoms with E-state index in [0.29, 0.717) is 12.8 Å². The van der Waals surface area contributed by atoms with Crippen molar-refractivity contribution in [1.29, 1.82) is 0 Å². The molecular weight excluding hydrogens is 272 g/mol. The van der Waals surface area contributed by atoms with E-state index in [9.17, 15) is 14.4 Å². The van der Waals surface area contributed by atoms with Gasteiger partial charge >= 0.3 is 5.97 Å². The van der Waals surface area contributed by atoms with Crippen LogP contribution in [0.4, 0.5) is 0 Å². The Morgan fingerprint density at radius 3 is 2.52 bits per heavy atom. The van der Waals surface area contributed by atoms with Crippen LogP contribution in [0.3, 0.4) is 0 Å². The number of rotatable bonds is 6. The van der Waals surface area contributed by atoms with Crippen LogP contribution in [0.2, 0.25) is 0 Å². The van der Waals surface area contributed by atoms with Crippen LogP contribution in [0.5, 0.6) is 0 Å². The molecule has 0 saturated carbocycles. The van der Waals surface area contributed by atoms with Gasteiger partial charge in [0.25, 0.3) is 5.56 Å². The van der Waals surface area contributed by atoms with E-state index in [2.05, 4.69) is 5.32 Å². The van der Waals surface area contributed by atoms with Gasteiger partial charge in [0.15, 0.2) is 0 Å². The van der Waals surface area contributed by atoms with Gasteiger partial charge in [0.1, 0.15) is 11.6 Å². The lowest BCUT2D eigenvalue weighted by atomic mass is 10.0. The van der Waals surface area contributed by atoms with Gasteiger partial charge in [-0.3, -0.25) is 9.59 Å². The Bertz CT molecular complexity index is 590. The number of hydrogen-bond acceptors (Lipinski definition) is 3. The lowest BCUT2D eigenvalue weighted by Gasteiger charge is -2.28. The van der Waals surface area contributed by atoms with Crippen LogP contribution in [-0.2, 0) is 15.1 Å². The van der Waals surface area contributed by atoms with Crippen LogP contribution in [0.25, 0.3) is 0 Å². The second-order valence-electron chi connectivity index (χ2n) is 5.62. The molecule has 6 nitrogen and oxygen atoms in total. The van der Waals surface area contributed by atoms with E-state index in [1.165, 1.54) is 10.6 Å². The number of carboxylic acid groups (broad SMARTS) is 1. The molecule has 0 spiro atoms. The minimum Gasteiger partial charge on any atom is -0.480 e. The summed E-state index contributed by atoms with van der Waals surface area (Å²) in [6.07, 6.45) is 2.54. The molecule has 1 amide bonds. The molecule has 0 aromatic carbocycles. The molecule has 6 heteroatoms. The summed E-state index contributed by atoms with van der Waals surface area (Å²) in [4.78, 5) is 35.5. The third-order valence-corrected chi connectivity index (χ3v) is 3.41. The maximum atomic E-state index is 12.4. The number of nitrogens with zero attached hydrogens (tertiary/aromatic N) is 1. The van der Waals surface area contributed by atoms with Crippen LogP contribution in [0, 0.1) is 6.92 Å². The molecule has 0 fully saturated rings. The molecular formula is C15H22N2O4. The zero-order chi connectivity index (χ0) is 16.2. The SMILES string of the molecule is CCCC(NC(=O)C(C)(C)n1ccc(C)cc1=O)C(=O)O. The second-order valence-corrected chi connectivity index (χ2v) is 5.62. The van der Waals surface area contributed by atoms with Gasteiger partial charge in [0.2, 0.25) is 5.91 Å². The summed E-state index contributed by atoms with van der Waals surface area (Å²) < 4.78 is 1.31. The van der Waals surface area contributed by atoms with Crippen molar-refractivity contribution in [2.24, 2.45) is 0 Å². The molecule has 0 saturated heterocycles. The summed E-state index contributed by atoms with van der Waals surface area (Å²) in [5.74, 6) is -1.56. The molecule has 0 aliphatic heterocycles. The average molecular weight is 294 g/mol. The minimum absolute atomic E-state index is 0.294. The van der Waals surface area contributed by atoms with Gasteiger partial charge in [-0.15, -0.1) is 0 Å². The third-order valence-electron chi connectivity index (χ3n) is 3.41. The Labute approximate surface area is 123 Å². The molecule has 1 unspecified atom stereocenters. The number of aliphatic carboxylic acids is 1. The Hall–Kier alpha value is -2.11. The van der Waals surface area contributed by atoms with E-state index < -0.39 is 23.5 Å². The van der Waals surface area contributed by atoms with Crippen LogP contribution in [0.1, 0.15) is 39.2 Å². The maximum Gasteiger partial charge on any atom is 0.326 e. The molecule has 1 aromatic rings. The van der Waals surface area contributed by atoms with E-state index in [0.717, 1.165) is 5.56 Å². The molecule has 0 bridgehead atoms. The van der Waals surface area contributed by atoms with E-state index >= 15 is 0 Å². The van der Waals surface area contributed by atoms with Gasteiger partial charge < -0.3 is 15.0 Å². The molecule has 21 heavy (non-hydrogen) atoms. The predicted octanol–water partition coefficient (Wildman–Crippen LogP) is 1.26. The molecule has 1 atom stereocenters. The molecule has 116 valence electrons. The third kappa shape index (κ3) is 3.93. The fourth-order valence-electron chi connectivity index (χ4n) is 2.03. The van der Waals surface area contributed by atoms with Crippen LogP contribution in [0.15, 0.2) is 23.1 Å². The standard InChI is InChI=1S/C15H22N2O4/c1-5-6-11(13(19)20)16-14(21)15(3,4)17-8-7-10(2)9-12(17)18/h7-9,11H,5-6H2,1-4H3,(H,16,21)(H,19,20). The molecule has 0 aliphatic carbocycles. The number of carbonyl (C=O) groups excluding carboxylic acids is 1. The molecule has 2 N–H and O–H groups in total. The number of aromatic nitrogens is 1. The summed E-state index contributed by atoms with van der Waals surface area (Å²) >= 11 is 0. The number of hydrogen-bond donors (Lipinski definition) is 2. The number of carbonyl (C=O) groups is 2. The topological polar surface area (TPSA) is 88.4 Å². The second kappa shape index (κ2) is 6.56. The van der Waals surface area contributed by atoms with Crippen molar-refractivity contribution >= 4 is 11.9 Å². The van der Waals surface area contributed by atoms with E-state index in [1.807, 2.05) is 6.92 Å². The predicted molar refractivity (Wildman–Crippen MR) is 79.2 cm³/mol. The van der Waals surface area contributed by atoms with E-state index in [-0.39, 0.29) is 5.56 Å². The van der Waals surface area contributed by atoms with Gasteiger partial charge in [0.05, 0.1) is 0 Å². The largest absolute Gasteiger partial charge is 0.480 e. The fraction of sp³-hybridized carbons (Fsp3) is 0.533. The molecule has 1 heterocycles. The lowest BCUT2D eigenvalue weighted by molar-refractivity contribution is -0.143. The van der Waals surface area contributed by atoms with Crippen LogP contribution < -0.4 is 10.9 Å². The van der Waals surface area contributed by atoms with Gasteiger partial charge in [-0.1, -0.05) is 13.3 Å². The first-order chi connectivity index (χ1) is 9.70. The van der Waals surface area contributed by atoms with Gasteiger partial charge in [-0.25, -0.2) is 4.79 Å². The molecule has 0 radical (unpaired) electrons. The van der Waals surface area contributed by atoms with Gasteiger partial charge in [-0.05, 0) is 38.8 Å². The zero-order valence-corrected chi connectivity index (χ0v) is 12.8. The lowest BCUT2D eigenvalue weighted by Crippen LogP contribution is -2.53. The maximum absolute atomic E-state index is 12.4. The van der Waals surface area contributed by atoms with Crippen molar-refractivity contribution in [2.75, 3.05) is 0 Å². The van der Waals surface area contributed by atoms with Crippen molar-refractivity contribution in [3.63, 3.8) is 0 Å². The zero-order valence-electron chi connectivity index (χ0n) is 12.8. The number of pyridine rings is 1. The highest BCUT2D eigenvalue weighted by molar-refractivity contribution is 5.88. The van der Waals surface area contributed by atoms with E-state index in [1.54, 1.807) is 33.0 Å². The van der Waals surface area contributed by atoms with Crippen LogP contribution in [-0.4, -0.2) is 27.6 Å². The van der Waals surface area contributed by atoms with Gasteiger partial charge in [0, 0.05) is 12.3 Å². The molecule has 1 rings (SSSR count). The first kappa shape index (κ1) is 16.9. The summed E-state index contributed by atoms with van der Waals surface area (Å²) in [5.41, 5.74) is -0.647. The quantitative estimate of drug-likeness (QED) is 0.826. The highest BCUT2D eigenvalue weighted by Crippen LogP contribution is 2.14. The van der Waals surface area contributed by atoms with Crippen molar-refractivity contribution in [3.8, 4) is 0 Å². The fourth-order valence-corrected chi connectivity index (χ4v) is 2.03. The highest BCUT2D eigenvalue weighted by Gasteiger charge is 2.33. The van der Waals surface area contributed by atoms with Crippen molar-refractivity contribution in [3.05, 3.63) is 34.2 Å². The summed E-state index contributed by atoms with van der Waals surface area (Å²) in [5, 5.41) is 11.6.